The van der Waals surface area contributed by atoms with E-state index in [0.29, 0.717) is 32.8 Å². The fourth-order valence-electron chi connectivity index (χ4n) is 1.49. The molecule has 0 aromatic rings. The Morgan fingerprint density at radius 3 is 2.48 bits per heavy atom. The maximum absolute atomic E-state index is 10.8. The van der Waals surface area contributed by atoms with Gasteiger partial charge in [0.2, 0.25) is 0 Å². The molecule has 0 aliphatic carbocycles. The normalized spacial score (nSPS) is 13.0. The van der Waals surface area contributed by atoms with E-state index in [2.05, 4.69) is 33.1 Å². The summed E-state index contributed by atoms with van der Waals surface area (Å²) in [5.41, 5.74) is 0. The first-order chi connectivity index (χ1) is 9.89. The summed E-state index contributed by atoms with van der Waals surface area (Å²) in [7, 11) is -1.62. The van der Waals surface area contributed by atoms with Crippen molar-refractivity contribution >= 4 is 14.3 Å². The van der Waals surface area contributed by atoms with Gasteiger partial charge in [0.15, 0.2) is 8.32 Å². The lowest BCUT2D eigenvalue weighted by Gasteiger charge is -2.26. The lowest BCUT2D eigenvalue weighted by Crippen LogP contribution is -2.34. The van der Waals surface area contributed by atoms with Crippen molar-refractivity contribution < 1.29 is 23.4 Å². The highest BCUT2D eigenvalue weighted by atomic mass is 28.4. The summed E-state index contributed by atoms with van der Waals surface area (Å²) < 4.78 is 22.0. The summed E-state index contributed by atoms with van der Waals surface area (Å²) in [5, 5.41) is 0. The first-order valence-corrected chi connectivity index (χ1v) is 11.0. The van der Waals surface area contributed by atoms with Crippen molar-refractivity contribution in [2.24, 2.45) is 0 Å². The SMILES string of the molecule is C=CC(=O)OCCCOCCC(OCCC)O[Si](C)(C)C. The van der Waals surface area contributed by atoms with Crippen LogP contribution in [0, 0.1) is 0 Å². The summed E-state index contributed by atoms with van der Waals surface area (Å²) in [6.07, 6.45) is 3.34. The van der Waals surface area contributed by atoms with Crippen molar-refractivity contribution in [1.29, 1.82) is 0 Å². The van der Waals surface area contributed by atoms with E-state index in [0.717, 1.165) is 18.9 Å². The Morgan fingerprint density at radius 1 is 1.19 bits per heavy atom. The molecule has 1 atom stereocenters. The van der Waals surface area contributed by atoms with Gasteiger partial charge in [-0.05, 0) is 26.1 Å². The van der Waals surface area contributed by atoms with Crippen molar-refractivity contribution in [3.63, 3.8) is 0 Å². The Kier molecular flexibility index (Phi) is 11.5. The highest BCUT2D eigenvalue weighted by Crippen LogP contribution is 2.12. The van der Waals surface area contributed by atoms with Crippen molar-refractivity contribution in [3.8, 4) is 0 Å². The van der Waals surface area contributed by atoms with Crippen LogP contribution in [-0.4, -0.2) is 47.0 Å². The quantitative estimate of drug-likeness (QED) is 0.172. The maximum atomic E-state index is 10.8. The van der Waals surface area contributed by atoms with Gasteiger partial charge in [-0.15, -0.1) is 0 Å². The molecule has 0 saturated heterocycles. The highest BCUT2D eigenvalue weighted by molar-refractivity contribution is 6.69. The summed E-state index contributed by atoms with van der Waals surface area (Å²) in [6, 6.07) is 0. The Labute approximate surface area is 129 Å². The lowest BCUT2D eigenvalue weighted by atomic mass is 10.4. The molecule has 0 aliphatic heterocycles. The van der Waals surface area contributed by atoms with Gasteiger partial charge >= 0.3 is 5.97 Å². The van der Waals surface area contributed by atoms with Gasteiger partial charge < -0.3 is 18.6 Å². The van der Waals surface area contributed by atoms with E-state index in [1.54, 1.807) is 0 Å². The minimum atomic E-state index is -1.62. The molecule has 21 heavy (non-hydrogen) atoms. The highest BCUT2D eigenvalue weighted by Gasteiger charge is 2.21. The molecule has 0 amide bonds. The van der Waals surface area contributed by atoms with Crippen LogP contribution in [0.4, 0.5) is 0 Å². The fourth-order valence-corrected chi connectivity index (χ4v) is 2.47. The Hall–Kier alpha value is -0.693. The predicted octanol–water partition coefficient (Wildman–Crippen LogP) is 3.12. The molecule has 0 aliphatic rings. The summed E-state index contributed by atoms with van der Waals surface area (Å²) >= 11 is 0. The molecule has 0 saturated carbocycles. The summed E-state index contributed by atoms with van der Waals surface area (Å²) in [4.78, 5) is 10.8. The molecule has 0 spiro atoms. The molecule has 0 bridgehead atoms. The van der Waals surface area contributed by atoms with Gasteiger partial charge in [-0.25, -0.2) is 4.79 Å². The van der Waals surface area contributed by atoms with Gasteiger partial charge in [-0.1, -0.05) is 13.5 Å². The van der Waals surface area contributed by atoms with Gasteiger partial charge in [0.25, 0.3) is 0 Å². The van der Waals surface area contributed by atoms with Crippen LogP contribution in [0.15, 0.2) is 12.7 Å². The third-order valence-corrected chi connectivity index (χ3v) is 3.30. The zero-order valence-corrected chi connectivity index (χ0v) is 14.9. The lowest BCUT2D eigenvalue weighted by molar-refractivity contribution is -0.138. The van der Waals surface area contributed by atoms with E-state index in [-0.39, 0.29) is 6.29 Å². The molecule has 0 fully saturated rings. The van der Waals surface area contributed by atoms with E-state index in [1.165, 1.54) is 0 Å². The topological polar surface area (TPSA) is 54.0 Å². The van der Waals surface area contributed by atoms with Crippen molar-refractivity contribution in [2.75, 3.05) is 26.4 Å². The zero-order valence-electron chi connectivity index (χ0n) is 13.9. The summed E-state index contributed by atoms with van der Waals surface area (Å²) in [6.45, 7) is 14.0. The van der Waals surface area contributed by atoms with E-state index in [1.807, 2.05) is 0 Å². The Morgan fingerprint density at radius 2 is 1.90 bits per heavy atom. The minimum Gasteiger partial charge on any atom is -0.462 e. The van der Waals surface area contributed by atoms with E-state index in [4.69, 9.17) is 18.6 Å². The van der Waals surface area contributed by atoms with Crippen LogP contribution in [0.5, 0.6) is 0 Å². The molecule has 0 N–H and O–H groups in total. The zero-order chi connectivity index (χ0) is 16.1. The number of esters is 1. The molecular formula is C15H30O5Si. The van der Waals surface area contributed by atoms with E-state index < -0.39 is 14.3 Å². The van der Waals surface area contributed by atoms with Gasteiger partial charge in [-0.2, -0.15) is 0 Å². The van der Waals surface area contributed by atoms with Crippen LogP contribution in [0.2, 0.25) is 19.6 Å². The second-order valence-electron chi connectivity index (χ2n) is 5.66. The minimum absolute atomic E-state index is 0.185. The molecule has 0 heterocycles. The number of ether oxygens (including phenoxy) is 3. The maximum Gasteiger partial charge on any atom is 0.330 e. The van der Waals surface area contributed by atoms with E-state index >= 15 is 0 Å². The number of carbonyl (C=O) groups excluding carboxylic acids is 1. The van der Waals surface area contributed by atoms with Crippen LogP contribution in [0.1, 0.15) is 26.2 Å². The molecular weight excluding hydrogens is 288 g/mol. The fraction of sp³-hybridized carbons (Fsp3) is 0.800. The van der Waals surface area contributed by atoms with E-state index in [9.17, 15) is 4.79 Å². The average Bonchev–Trinajstić information content (AvgIpc) is 2.41. The monoisotopic (exact) mass is 318 g/mol. The van der Waals surface area contributed by atoms with Gasteiger partial charge in [0, 0.05) is 32.1 Å². The first kappa shape index (κ1) is 20.3. The van der Waals surface area contributed by atoms with Gasteiger partial charge in [0.05, 0.1) is 13.2 Å². The van der Waals surface area contributed by atoms with Crippen LogP contribution in [-0.2, 0) is 23.4 Å². The Bertz CT molecular complexity index is 288. The van der Waals surface area contributed by atoms with Crippen LogP contribution >= 0.6 is 0 Å². The predicted molar refractivity (Wildman–Crippen MR) is 85.7 cm³/mol. The largest absolute Gasteiger partial charge is 0.462 e. The molecule has 0 radical (unpaired) electrons. The number of hydrogen-bond donors (Lipinski definition) is 0. The third-order valence-electron chi connectivity index (χ3n) is 2.33. The molecule has 0 aromatic carbocycles. The standard InChI is InChI=1S/C15H30O5Si/c1-6-10-19-15(20-21(3,4)5)9-13-17-11-8-12-18-14(16)7-2/h7,15H,2,6,8-13H2,1,3-5H3. The molecule has 0 rings (SSSR count). The smallest absolute Gasteiger partial charge is 0.330 e. The van der Waals surface area contributed by atoms with Gasteiger partial charge in [0.1, 0.15) is 6.29 Å². The number of rotatable bonds is 13. The van der Waals surface area contributed by atoms with Crippen LogP contribution in [0.25, 0.3) is 0 Å². The molecule has 124 valence electrons. The second-order valence-corrected chi connectivity index (χ2v) is 10.1. The number of hydrogen-bond acceptors (Lipinski definition) is 5. The molecule has 6 heteroatoms. The van der Waals surface area contributed by atoms with Gasteiger partial charge in [-0.3, -0.25) is 0 Å². The molecule has 5 nitrogen and oxygen atoms in total. The van der Waals surface area contributed by atoms with Crippen molar-refractivity contribution in [1.82, 2.24) is 0 Å². The summed E-state index contributed by atoms with van der Waals surface area (Å²) in [5.74, 6) is -0.397. The molecule has 0 aromatic heterocycles. The average molecular weight is 318 g/mol. The molecule has 1 unspecified atom stereocenters. The first-order valence-electron chi connectivity index (χ1n) is 7.55. The van der Waals surface area contributed by atoms with Crippen molar-refractivity contribution in [3.05, 3.63) is 12.7 Å². The second kappa shape index (κ2) is 11.9. The Balaban J connectivity index is 3.72. The van der Waals surface area contributed by atoms with Crippen LogP contribution < -0.4 is 0 Å². The van der Waals surface area contributed by atoms with Crippen molar-refractivity contribution in [2.45, 2.75) is 52.1 Å². The van der Waals surface area contributed by atoms with Crippen LogP contribution in [0.3, 0.4) is 0 Å². The third kappa shape index (κ3) is 14.0. The number of carbonyl (C=O) groups is 1.